The lowest BCUT2D eigenvalue weighted by Gasteiger charge is -2.34. The highest BCUT2D eigenvalue weighted by molar-refractivity contribution is 7.86. The zero-order valence-corrected chi connectivity index (χ0v) is 18.5. The van der Waals surface area contributed by atoms with Gasteiger partial charge in [-0.1, -0.05) is 43.9 Å². The van der Waals surface area contributed by atoms with Crippen molar-refractivity contribution in [2.24, 2.45) is 5.41 Å². The van der Waals surface area contributed by atoms with Gasteiger partial charge < -0.3 is 9.47 Å². The van der Waals surface area contributed by atoms with E-state index in [1.807, 2.05) is 24.4 Å². The SMILES string of the molecule is CCc1cc(C#CCOS(C)(=O)=O)ccc1-c1cn(CC2OCC(C)(C)CO2)nn1. The molecule has 0 saturated carbocycles. The molecule has 1 saturated heterocycles. The molecule has 0 N–H and O–H groups in total. The molecule has 30 heavy (non-hydrogen) atoms. The third-order valence-electron chi connectivity index (χ3n) is 4.53. The molecular formula is C21H27N3O5S. The van der Waals surface area contributed by atoms with E-state index in [1.165, 1.54) is 0 Å². The highest BCUT2D eigenvalue weighted by atomic mass is 32.2. The molecule has 0 radical (unpaired) electrons. The predicted octanol–water partition coefficient (Wildman–Crippen LogP) is 2.23. The Labute approximate surface area is 177 Å². The van der Waals surface area contributed by atoms with E-state index >= 15 is 0 Å². The number of aryl methyl sites for hydroxylation is 1. The number of aromatic nitrogens is 3. The summed E-state index contributed by atoms with van der Waals surface area (Å²) < 4.78 is 39.9. The lowest BCUT2D eigenvalue weighted by Crippen LogP contribution is -2.39. The van der Waals surface area contributed by atoms with Gasteiger partial charge in [-0.3, -0.25) is 4.18 Å². The standard InChI is InChI=1S/C21H27N3O5S/c1-5-17-11-16(7-6-10-29-30(4,25)26)8-9-18(17)19-12-24(23-22-19)13-20-27-14-21(2,3)15-28-20/h8-9,11-12,20H,5,10,13-15H2,1-4H3. The maximum absolute atomic E-state index is 11.0. The Morgan fingerprint density at radius 3 is 2.70 bits per heavy atom. The third kappa shape index (κ3) is 6.37. The van der Waals surface area contributed by atoms with Crippen molar-refractivity contribution >= 4 is 10.1 Å². The topological polar surface area (TPSA) is 92.5 Å². The number of ether oxygens (including phenoxy) is 2. The Morgan fingerprint density at radius 1 is 1.30 bits per heavy atom. The second kappa shape index (κ2) is 9.27. The molecule has 9 heteroatoms. The molecule has 0 spiro atoms. The minimum absolute atomic E-state index is 0.0294. The summed E-state index contributed by atoms with van der Waals surface area (Å²) in [7, 11) is -3.49. The summed E-state index contributed by atoms with van der Waals surface area (Å²) in [6.07, 6.45) is 3.34. The molecule has 1 aromatic carbocycles. The van der Waals surface area contributed by atoms with Crippen molar-refractivity contribution in [2.45, 2.75) is 40.0 Å². The van der Waals surface area contributed by atoms with Crippen molar-refractivity contribution in [2.75, 3.05) is 26.1 Å². The first kappa shape index (κ1) is 22.4. The van der Waals surface area contributed by atoms with E-state index in [9.17, 15) is 8.42 Å². The molecule has 2 heterocycles. The predicted molar refractivity (Wildman–Crippen MR) is 112 cm³/mol. The van der Waals surface area contributed by atoms with Gasteiger partial charge in [-0.25, -0.2) is 4.68 Å². The highest BCUT2D eigenvalue weighted by Crippen LogP contribution is 2.25. The molecule has 1 aliphatic heterocycles. The van der Waals surface area contributed by atoms with Gasteiger partial charge in [-0.05, 0) is 24.1 Å². The summed E-state index contributed by atoms with van der Waals surface area (Å²) in [6.45, 7) is 7.88. The monoisotopic (exact) mass is 433 g/mol. The van der Waals surface area contributed by atoms with Gasteiger partial charge in [0.25, 0.3) is 10.1 Å². The first-order chi connectivity index (χ1) is 14.1. The number of hydrogen-bond donors (Lipinski definition) is 0. The van der Waals surface area contributed by atoms with Crippen LogP contribution in [0.2, 0.25) is 0 Å². The lowest BCUT2D eigenvalue weighted by atomic mass is 9.96. The molecular weight excluding hydrogens is 406 g/mol. The third-order valence-corrected chi connectivity index (χ3v) is 5.08. The first-order valence-corrected chi connectivity index (χ1v) is 11.6. The summed E-state index contributed by atoms with van der Waals surface area (Å²) in [5, 5.41) is 8.51. The van der Waals surface area contributed by atoms with Crippen LogP contribution in [0.25, 0.3) is 11.3 Å². The Hall–Kier alpha value is -2.25. The molecule has 0 amide bonds. The normalized spacial score (nSPS) is 16.8. The fraction of sp³-hybridized carbons (Fsp3) is 0.524. The molecule has 1 aromatic heterocycles. The van der Waals surface area contributed by atoms with Crippen LogP contribution in [0, 0.1) is 17.3 Å². The van der Waals surface area contributed by atoms with Gasteiger partial charge in [0, 0.05) is 16.5 Å². The van der Waals surface area contributed by atoms with E-state index in [4.69, 9.17) is 9.47 Å². The van der Waals surface area contributed by atoms with Crippen LogP contribution in [0.4, 0.5) is 0 Å². The van der Waals surface area contributed by atoms with Crippen LogP contribution < -0.4 is 0 Å². The molecule has 8 nitrogen and oxygen atoms in total. The maximum atomic E-state index is 11.0. The molecule has 0 aliphatic carbocycles. The van der Waals surface area contributed by atoms with Crippen LogP contribution in [0.5, 0.6) is 0 Å². The van der Waals surface area contributed by atoms with Crippen LogP contribution in [0.1, 0.15) is 31.9 Å². The second-order valence-electron chi connectivity index (χ2n) is 8.04. The molecule has 3 rings (SSSR count). The van der Waals surface area contributed by atoms with E-state index in [2.05, 4.69) is 47.1 Å². The van der Waals surface area contributed by atoms with Crippen molar-refractivity contribution in [1.29, 1.82) is 0 Å². The quantitative estimate of drug-likeness (QED) is 0.509. The van der Waals surface area contributed by atoms with Gasteiger partial charge >= 0.3 is 0 Å². The van der Waals surface area contributed by atoms with E-state index in [0.29, 0.717) is 19.8 Å². The van der Waals surface area contributed by atoms with Gasteiger partial charge in [0.1, 0.15) is 12.3 Å². The van der Waals surface area contributed by atoms with Crippen molar-refractivity contribution < 1.29 is 22.1 Å². The van der Waals surface area contributed by atoms with E-state index < -0.39 is 10.1 Å². The smallest absolute Gasteiger partial charge is 0.265 e. The maximum Gasteiger partial charge on any atom is 0.265 e. The van der Waals surface area contributed by atoms with Gasteiger partial charge in [0.05, 0.1) is 32.2 Å². The Kier molecular flexibility index (Phi) is 6.93. The summed E-state index contributed by atoms with van der Waals surface area (Å²) in [5.41, 5.74) is 3.63. The van der Waals surface area contributed by atoms with Crippen LogP contribution in [0.3, 0.4) is 0 Å². The Morgan fingerprint density at radius 2 is 2.03 bits per heavy atom. The highest BCUT2D eigenvalue weighted by Gasteiger charge is 2.28. The minimum atomic E-state index is -3.49. The number of nitrogens with zero attached hydrogens (tertiary/aromatic N) is 3. The van der Waals surface area contributed by atoms with Crippen LogP contribution in [-0.2, 0) is 36.7 Å². The average molecular weight is 434 g/mol. The molecule has 1 aliphatic rings. The molecule has 162 valence electrons. The van der Waals surface area contributed by atoms with E-state index in [0.717, 1.165) is 35.1 Å². The first-order valence-electron chi connectivity index (χ1n) is 9.75. The van der Waals surface area contributed by atoms with E-state index in [-0.39, 0.29) is 18.3 Å². The lowest BCUT2D eigenvalue weighted by molar-refractivity contribution is -0.227. The average Bonchev–Trinajstić information content (AvgIpc) is 3.14. The summed E-state index contributed by atoms with van der Waals surface area (Å²) in [6, 6.07) is 5.79. The van der Waals surface area contributed by atoms with Gasteiger partial charge in [-0.2, -0.15) is 8.42 Å². The molecule has 2 aromatic rings. The van der Waals surface area contributed by atoms with Crippen molar-refractivity contribution in [1.82, 2.24) is 15.0 Å². The summed E-state index contributed by atoms with van der Waals surface area (Å²) in [4.78, 5) is 0. The Balaban J connectivity index is 1.68. The van der Waals surface area contributed by atoms with Crippen molar-refractivity contribution in [3.8, 4) is 23.1 Å². The molecule has 0 bridgehead atoms. The number of rotatable bonds is 6. The van der Waals surface area contributed by atoms with Crippen LogP contribution >= 0.6 is 0 Å². The zero-order chi connectivity index (χ0) is 21.8. The fourth-order valence-electron chi connectivity index (χ4n) is 2.98. The Bertz CT molecular complexity index is 1040. The fourth-order valence-corrected chi connectivity index (χ4v) is 3.26. The van der Waals surface area contributed by atoms with Gasteiger partial charge in [-0.15, -0.1) is 5.10 Å². The van der Waals surface area contributed by atoms with Crippen molar-refractivity contribution in [3.05, 3.63) is 35.5 Å². The summed E-state index contributed by atoms with van der Waals surface area (Å²) >= 11 is 0. The molecule has 1 fully saturated rings. The van der Waals surface area contributed by atoms with E-state index in [1.54, 1.807) is 4.68 Å². The molecule has 0 unspecified atom stereocenters. The van der Waals surface area contributed by atoms with Gasteiger partial charge in [0.2, 0.25) is 0 Å². The largest absolute Gasteiger partial charge is 0.350 e. The van der Waals surface area contributed by atoms with Crippen LogP contribution in [0.15, 0.2) is 24.4 Å². The van der Waals surface area contributed by atoms with Crippen molar-refractivity contribution in [3.63, 3.8) is 0 Å². The van der Waals surface area contributed by atoms with Crippen LogP contribution in [-0.4, -0.2) is 55.8 Å². The number of hydrogen-bond acceptors (Lipinski definition) is 7. The number of benzene rings is 1. The molecule has 0 atom stereocenters. The zero-order valence-electron chi connectivity index (χ0n) is 17.7. The summed E-state index contributed by atoms with van der Waals surface area (Å²) in [5.74, 6) is 5.64. The van der Waals surface area contributed by atoms with Gasteiger partial charge in [0.15, 0.2) is 6.29 Å². The minimum Gasteiger partial charge on any atom is -0.350 e. The second-order valence-corrected chi connectivity index (χ2v) is 9.68.